The number of ether oxygens (including phenoxy) is 1. The summed E-state index contributed by atoms with van der Waals surface area (Å²) >= 11 is 0. The maximum Gasteiger partial charge on any atom is 0.220 e. The first-order valence-electron chi connectivity index (χ1n) is 10.7. The van der Waals surface area contributed by atoms with Crippen LogP contribution < -0.4 is 10.1 Å². The second kappa shape index (κ2) is 10.4. The summed E-state index contributed by atoms with van der Waals surface area (Å²) in [6.07, 6.45) is 5.00. The van der Waals surface area contributed by atoms with E-state index in [9.17, 15) is 9.59 Å². The van der Waals surface area contributed by atoms with Crippen molar-refractivity contribution in [3.63, 3.8) is 0 Å². The monoisotopic (exact) mass is 408 g/mol. The van der Waals surface area contributed by atoms with Crippen molar-refractivity contribution in [1.82, 2.24) is 10.2 Å². The number of nitrogens with one attached hydrogen (secondary N) is 1. The Hall–Kier alpha value is -2.66. The highest BCUT2D eigenvalue weighted by molar-refractivity contribution is 5.98. The van der Waals surface area contributed by atoms with Gasteiger partial charge >= 0.3 is 0 Å². The van der Waals surface area contributed by atoms with Crippen molar-refractivity contribution in [3.8, 4) is 5.75 Å². The Labute approximate surface area is 179 Å². The molecule has 1 aliphatic rings. The van der Waals surface area contributed by atoms with Crippen LogP contribution in [0.3, 0.4) is 0 Å². The molecule has 1 aliphatic carbocycles. The van der Waals surface area contributed by atoms with Crippen LogP contribution in [0, 0.1) is 0 Å². The minimum absolute atomic E-state index is 0.0281. The Bertz CT molecular complexity index is 892. The number of ketones is 1. The van der Waals surface area contributed by atoms with Crippen molar-refractivity contribution in [2.75, 3.05) is 27.7 Å². The Morgan fingerprint density at radius 1 is 1.03 bits per heavy atom. The van der Waals surface area contributed by atoms with E-state index in [0.717, 1.165) is 29.7 Å². The van der Waals surface area contributed by atoms with Crippen molar-refractivity contribution in [1.29, 1.82) is 0 Å². The van der Waals surface area contributed by atoms with E-state index in [1.807, 2.05) is 50.5 Å². The number of hydrogen-bond acceptors (Lipinski definition) is 4. The molecule has 0 spiro atoms. The van der Waals surface area contributed by atoms with Gasteiger partial charge in [0.2, 0.25) is 5.91 Å². The zero-order valence-corrected chi connectivity index (χ0v) is 18.2. The fraction of sp³-hybridized carbons (Fsp3) is 0.440. The molecule has 0 saturated heterocycles. The van der Waals surface area contributed by atoms with Gasteiger partial charge in [-0.2, -0.15) is 0 Å². The number of nitrogens with zero attached hydrogens (tertiary/aromatic N) is 1. The molecule has 0 aromatic heterocycles. The van der Waals surface area contributed by atoms with Gasteiger partial charge in [0, 0.05) is 24.9 Å². The average molecular weight is 409 g/mol. The van der Waals surface area contributed by atoms with E-state index in [1.165, 1.54) is 24.0 Å². The average Bonchev–Trinajstić information content (AvgIpc) is 2.77. The quantitative estimate of drug-likeness (QED) is 0.638. The van der Waals surface area contributed by atoms with Gasteiger partial charge in [-0.25, -0.2) is 0 Å². The lowest BCUT2D eigenvalue weighted by atomic mass is 9.89. The number of hydrogen-bond donors (Lipinski definition) is 1. The van der Waals surface area contributed by atoms with Crippen molar-refractivity contribution < 1.29 is 14.3 Å². The van der Waals surface area contributed by atoms with Crippen LogP contribution in [0.15, 0.2) is 42.5 Å². The molecule has 1 atom stereocenters. The third kappa shape index (κ3) is 5.70. The highest BCUT2D eigenvalue weighted by Gasteiger charge is 2.17. The van der Waals surface area contributed by atoms with E-state index in [0.29, 0.717) is 6.54 Å². The standard InChI is InChI=1S/C25H32N2O3/c1-27(2)23(20-9-6-10-22(16-20)30-3)17-26-25(29)14-13-24(28)21-12-11-18-7-4-5-8-19(18)15-21/h6,9-12,15-16,23H,4-5,7-8,13-14,17H2,1-3H3,(H,26,29). The molecule has 0 aliphatic heterocycles. The zero-order valence-electron chi connectivity index (χ0n) is 18.2. The molecule has 5 heteroatoms. The Kier molecular flexibility index (Phi) is 7.63. The number of fused-ring (bicyclic) bond motifs is 1. The number of Topliss-reactive ketones (excluding diaryl/α,β-unsaturated/α-hetero) is 1. The summed E-state index contributed by atoms with van der Waals surface area (Å²) in [5.74, 6) is 0.729. The van der Waals surface area contributed by atoms with Crippen LogP contribution in [0.1, 0.15) is 58.8 Å². The maximum absolute atomic E-state index is 12.6. The van der Waals surface area contributed by atoms with E-state index in [2.05, 4.69) is 16.3 Å². The summed E-state index contributed by atoms with van der Waals surface area (Å²) in [5, 5.41) is 2.98. The van der Waals surface area contributed by atoms with Gasteiger partial charge in [-0.1, -0.05) is 24.3 Å². The van der Waals surface area contributed by atoms with Crippen molar-refractivity contribution >= 4 is 11.7 Å². The third-order valence-electron chi connectivity index (χ3n) is 5.84. The van der Waals surface area contributed by atoms with Crippen molar-refractivity contribution in [3.05, 3.63) is 64.7 Å². The number of carbonyl (C=O) groups excluding carboxylic acids is 2. The summed E-state index contributed by atoms with van der Waals surface area (Å²) in [6.45, 7) is 0.478. The number of amides is 1. The van der Waals surface area contributed by atoms with Crippen molar-refractivity contribution in [2.45, 2.75) is 44.6 Å². The van der Waals surface area contributed by atoms with Crippen LogP contribution in [0.5, 0.6) is 5.75 Å². The largest absolute Gasteiger partial charge is 0.497 e. The lowest BCUT2D eigenvalue weighted by Crippen LogP contribution is -2.34. The number of methoxy groups -OCH3 is 1. The summed E-state index contributed by atoms with van der Waals surface area (Å²) < 4.78 is 5.31. The Balaban J connectivity index is 1.52. The Morgan fingerprint density at radius 3 is 2.53 bits per heavy atom. The third-order valence-corrected chi connectivity index (χ3v) is 5.84. The Morgan fingerprint density at radius 2 is 1.80 bits per heavy atom. The van der Waals surface area contributed by atoms with Gasteiger partial charge in [-0.15, -0.1) is 0 Å². The molecule has 2 aromatic rings. The minimum atomic E-state index is -0.101. The van der Waals surface area contributed by atoms with Crippen LogP contribution in [0.2, 0.25) is 0 Å². The lowest BCUT2D eigenvalue weighted by Gasteiger charge is -2.25. The molecule has 160 valence electrons. The first kappa shape index (κ1) is 22.0. The fourth-order valence-corrected chi connectivity index (χ4v) is 4.02. The highest BCUT2D eigenvalue weighted by Crippen LogP contribution is 2.24. The fourth-order valence-electron chi connectivity index (χ4n) is 4.02. The first-order valence-corrected chi connectivity index (χ1v) is 10.7. The molecule has 1 unspecified atom stereocenters. The van der Waals surface area contributed by atoms with E-state index in [1.54, 1.807) is 7.11 Å². The normalized spacial score (nSPS) is 14.1. The molecule has 30 heavy (non-hydrogen) atoms. The molecule has 5 nitrogen and oxygen atoms in total. The second-order valence-electron chi connectivity index (χ2n) is 8.17. The van der Waals surface area contributed by atoms with Gasteiger partial charge in [0.15, 0.2) is 5.78 Å². The van der Waals surface area contributed by atoms with Crippen LogP contribution in [0.25, 0.3) is 0 Å². The SMILES string of the molecule is COc1cccc(C(CNC(=O)CCC(=O)c2ccc3c(c2)CCCC3)N(C)C)c1. The van der Waals surface area contributed by atoms with E-state index < -0.39 is 0 Å². The van der Waals surface area contributed by atoms with E-state index >= 15 is 0 Å². The molecule has 3 rings (SSSR count). The molecule has 1 N–H and O–H groups in total. The van der Waals surface area contributed by atoms with E-state index in [-0.39, 0.29) is 30.6 Å². The molecule has 0 fully saturated rings. The highest BCUT2D eigenvalue weighted by atomic mass is 16.5. The van der Waals surface area contributed by atoms with Gasteiger partial charge in [-0.3, -0.25) is 9.59 Å². The number of likely N-dealkylation sites (N-methyl/N-ethyl adjacent to an activating group) is 1. The smallest absolute Gasteiger partial charge is 0.220 e. The maximum atomic E-state index is 12.6. The summed E-state index contributed by atoms with van der Waals surface area (Å²) in [5.41, 5.74) is 4.46. The van der Waals surface area contributed by atoms with Crippen LogP contribution >= 0.6 is 0 Å². The predicted octanol–water partition coefficient (Wildman–Crippen LogP) is 3.96. The molecule has 0 heterocycles. The molecule has 1 amide bonds. The number of aryl methyl sites for hydroxylation is 2. The first-order chi connectivity index (χ1) is 14.5. The molecule has 0 radical (unpaired) electrons. The minimum Gasteiger partial charge on any atom is -0.497 e. The van der Waals surface area contributed by atoms with Crippen LogP contribution in [-0.4, -0.2) is 44.3 Å². The number of carbonyl (C=O) groups is 2. The lowest BCUT2D eigenvalue weighted by molar-refractivity contribution is -0.121. The number of benzene rings is 2. The zero-order chi connectivity index (χ0) is 21.5. The summed E-state index contributed by atoms with van der Waals surface area (Å²) in [4.78, 5) is 27.0. The molecular formula is C25H32N2O3. The van der Waals surface area contributed by atoms with Gasteiger partial charge in [0.1, 0.15) is 5.75 Å². The molecule has 0 bridgehead atoms. The van der Waals surface area contributed by atoms with Gasteiger partial charge in [0.05, 0.1) is 13.2 Å². The summed E-state index contributed by atoms with van der Waals surface area (Å²) in [7, 11) is 5.61. The van der Waals surface area contributed by atoms with Crippen molar-refractivity contribution in [2.24, 2.45) is 0 Å². The van der Waals surface area contributed by atoms with Gasteiger partial charge in [0.25, 0.3) is 0 Å². The second-order valence-corrected chi connectivity index (χ2v) is 8.17. The summed E-state index contributed by atoms with van der Waals surface area (Å²) in [6, 6.07) is 13.9. The molecular weight excluding hydrogens is 376 g/mol. The van der Waals surface area contributed by atoms with Gasteiger partial charge in [-0.05, 0) is 74.7 Å². The topological polar surface area (TPSA) is 58.6 Å². The predicted molar refractivity (Wildman–Crippen MR) is 119 cm³/mol. The number of rotatable bonds is 9. The van der Waals surface area contributed by atoms with Crippen LogP contribution in [0.4, 0.5) is 0 Å². The van der Waals surface area contributed by atoms with E-state index in [4.69, 9.17) is 4.74 Å². The van der Waals surface area contributed by atoms with Crippen LogP contribution in [-0.2, 0) is 17.6 Å². The van der Waals surface area contributed by atoms with Gasteiger partial charge < -0.3 is 15.0 Å². The molecule has 0 saturated carbocycles. The molecule has 2 aromatic carbocycles.